The van der Waals surface area contributed by atoms with Gasteiger partial charge in [0.2, 0.25) is 0 Å². The van der Waals surface area contributed by atoms with Crippen molar-refractivity contribution in [1.82, 2.24) is 0 Å². The summed E-state index contributed by atoms with van der Waals surface area (Å²) in [6.45, 7) is 14.3. The number of nitrogens with one attached hydrogen (secondary N) is 1. The molecule has 3 N–H and O–H groups in total. The van der Waals surface area contributed by atoms with Crippen molar-refractivity contribution in [3.8, 4) is 16.2 Å². The van der Waals surface area contributed by atoms with E-state index in [1.807, 2.05) is 24.3 Å². The van der Waals surface area contributed by atoms with Crippen LogP contribution in [0, 0.1) is 5.41 Å². The highest BCUT2D eigenvalue weighted by Gasteiger charge is 2.34. The highest BCUT2D eigenvalue weighted by molar-refractivity contribution is 7.93. The number of benzene rings is 2. The van der Waals surface area contributed by atoms with E-state index in [0.717, 1.165) is 41.0 Å². The van der Waals surface area contributed by atoms with Crippen LogP contribution < -0.4 is 15.8 Å². The normalized spacial score (nSPS) is 17.4. The molecule has 12 heteroatoms. The SMILES string of the molecule is CC(C)(C)OC(=O)COc1c(C(=O)OC(C)(C)C)sc(-c2cccc(N[C@H]3CC/C(=C\S(=O)(=O)Cc4cccc(N)c4)C(C)(C)C3)c2)c1Cl. The maximum absolute atomic E-state index is 13.2. The van der Waals surface area contributed by atoms with E-state index in [2.05, 4.69) is 19.2 Å². The van der Waals surface area contributed by atoms with Crippen molar-refractivity contribution >= 4 is 56.1 Å². The second kappa shape index (κ2) is 14.7. The first-order valence-corrected chi connectivity index (χ1v) is 19.1. The fourth-order valence-corrected chi connectivity index (χ4v) is 8.73. The van der Waals surface area contributed by atoms with Crippen LogP contribution in [0.4, 0.5) is 11.4 Å². The number of nitrogen functional groups attached to an aromatic ring is 1. The van der Waals surface area contributed by atoms with E-state index < -0.39 is 39.6 Å². The maximum atomic E-state index is 13.2. The molecule has 1 fully saturated rings. The number of rotatable bonds is 10. The lowest BCUT2D eigenvalue weighted by Crippen LogP contribution is -2.34. The van der Waals surface area contributed by atoms with Crippen molar-refractivity contribution in [3.05, 3.63) is 75.0 Å². The van der Waals surface area contributed by atoms with E-state index in [9.17, 15) is 18.0 Å². The van der Waals surface area contributed by atoms with Crippen LogP contribution in [-0.2, 0) is 29.9 Å². The molecule has 0 unspecified atom stereocenters. The van der Waals surface area contributed by atoms with Gasteiger partial charge in [0.1, 0.15) is 16.2 Å². The molecular weight excluding hydrogens is 684 g/mol. The molecular formula is C37H47ClN2O7S2. The topological polar surface area (TPSA) is 134 Å². The summed E-state index contributed by atoms with van der Waals surface area (Å²) < 4.78 is 43.0. The average molecular weight is 731 g/mol. The van der Waals surface area contributed by atoms with Crippen LogP contribution >= 0.6 is 22.9 Å². The number of hydrogen-bond acceptors (Lipinski definition) is 10. The van der Waals surface area contributed by atoms with Gasteiger partial charge in [-0.25, -0.2) is 18.0 Å². The van der Waals surface area contributed by atoms with E-state index in [1.165, 1.54) is 5.41 Å². The predicted molar refractivity (Wildman–Crippen MR) is 198 cm³/mol. The lowest BCUT2D eigenvalue weighted by atomic mass is 9.72. The van der Waals surface area contributed by atoms with Crippen LogP contribution in [0.5, 0.6) is 5.75 Å². The molecule has 1 saturated carbocycles. The van der Waals surface area contributed by atoms with Crippen molar-refractivity contribution in [2.45, 2.75) is 97.6 Å². The van der Waals surface area contributed by atoms with E-state index in [1.54, 1.807) is 65.8 Å². The molecule has 1 aromatic heterocycles. The summed E-state index contributed by atoms with van der Waals surface area (Å²) in [6.07, 6.45) is 2.11. The summed E-state index contributed by atoms with van der Waals surface area (Å²) in [6, 6.07) is 14.7. The minimum atomic E-state index is -3.49. The van der Waals surface area contributed by atoms with Gasteiger partial charge in [-0.3, -0.25) is 0 Å². The lowest BCUT2D eigenvalue weighted by Gasteiger charge is -2.38. The zero-order valence-electron chi connectivity index (χ0n) is 29.4. The van der Waals surface area contributed by atoms with Crippen LogP contribution in [0.25, 0.3) is 10.4 Å². The molecule has 266 valence electrons. The van der Waals surface area contributed by atoms with Gasteiger partial charge in [-0.1, -0.05) is 55.3 Å². The number of anilines is 2. The van der Waals surface area contributed by atoms with Gasteiger partial charge in [0.25, 0.3) is 0 Å². The van der Waals surface area contributed by atoms with Crippen molar-refractivity contribution in [2.75, 3.05) is 17.7 Å². The molecule has 0 radical (unpaired) electrons. The van der Waals surface area contributed by atoms with Crippen molar-refractivity contribution in [2.24, 2.45) is 5.41 Å². The molecule has 49 heavy (non-hydrogen) atoms. The zero-order valence-corrected chi connectivity index (χ0v) is 31.8. The van der Waals surface area contributed by atoms with E-state index in [4.69, 9.17) is 31.5 Å². The fraction of sp³-hybridized carbons (Fsp3) is 0.459. The maximum Gasteiger partial charge on any atom is 0.352 e. The van der Waals surface area contributed by atoms with Crippen molar-refractivity contribution < 1.29 is 32.2 Å². The van der Waals surface area contributed by atoms with Gasteiger partial charge in [-0.15, -0.1) is 11.3 Å². The largest absolute Gasteiger partial charge is 0.479 e. The molecule has 1 atom stereocenters. The molecule has 0 amide bonds. The molecule has 2 aromatic carbocycles. The molecule has 1 aliphatic carbocycles. The third-order valence-electron chi connectivity index (χ3n) is 7.67. The third kappa shape index (κ3) is 11.0. The minimum absolute atomic E-state index is 0.0687. The highest BCUT2D eigenvalue weighted by Crippen LogP contribution is 2.47. The molecule has 0 bridgehead atoms. The van der Waals surface area contributed by atoms with Gasteiger partial charge < -0.3 is 25.3 Å². The average Bonchev–Trinajstić information content (AvgIpc) is 3.27. The standard InChI is InChI=1S/C37H47ClN2O7S2/c1-35(2,3)46-29(41)20-45-31-30(38)32(48-33(31)34(42)47-36(4,5)6)24-12-10-14-27(18-24)40-28-16-15-25(37(7,8)19-28)22-49(43,44)21-23-11-9-13-26(39)17-23/h9-14,17-18,22,28,40H,15-16,19-21,39H2,1-8H3/b25-22+/t28-/m0/s1. The smallest absolute Gasteiger partial charge is 0.352 e. The Bertz CT molecular complexity index is 1830. The summed E-state index contributed by atoms with van der Waals surface area (Å²) in [5.74, 6) is -1.23. The first kappa shape index (κ1) is 38.3. The van der Waals surface area contributed by atoms with Crippen LogP contribution in [0.15, 0.2) is 59.5 Å². The van der Waals surface area contributed by atoms with E-state index in [0.29, 0.717) is 22.5 Å². The summed E-state index contributed by atoms with van der Waals surface area (Å²) in [5, 5.41) is 5.27. The zero-order chi connectivity index (χ0) is 36.4. The first-order chi connectivity index (χ1) is 22.6. The molecule has 0 aliphatic heterocycles. The second-order valence-electron chi connectivity index (χ2n) is 15.0. The summed E-state index contributed by atoms with van der Waals surface area (Å²) >= 11 is 7.98. The van der Waals surface area contributed by atoms with E-state index >= 15 is 0 Å². The second-order valence-corrected chi connectivity index (χ2v) is 18.3. The first-order valence-electron chi connectivity index (χ1n) is 16.2. The Labute approximate surface area is 299 Å². The van der Waals surface area contributed by atoms with Gasteiger partial charge in [0.15, 0.2) is 27.1 Å². The number of ether oxygens (including phenoxy) is 3. The number of sulfone groups is 1. The molecule has 4 rings (SSSR count). The Kier molecular flexibility index (Phi) is 11.5. The number of esters is 2. The van der Waals surface area contributed by atoms with Crippen molar-refractivity contribution in [3.63, 3.8) is 0 Å². The van der Waals surface area contributed by atoms with Gasteiger partial charge in [0, 0.05) is 22.8 Å². The number of thiophene rings is 1. The quantitative estimate of drug-likeness (QED) is 0.155. The Hall–Kier alpha value is -3.54. The molecule has 9 nitrogen and oxygen atoms in total. The molecule has 3 aromatic rings. The monoisotopic (exact) mass is 730 g/mol. The highest BCUT2D eigenvalue weighted by atomic mass is 35.5. The predicted octanol–water partition coefficient (Wildman–Crippen LogP) is 8.82. The number of halogens is 1. The molecule has 1 aliphatic rings. The van der Waals surface area contributed by atoms with Gasteiger partial charge >= 0.3 is 11.9 Å². The molecule has 1 heterocycles. The Morgan fingerprint density at radius 2 is 1.71 bits per heavy atom. The Morgan fingerprint density at radius 1 is 1.04 bits per heavy atom. The number of allylic oxidation sites excluding steroid dienone is 1. The third-order valence-corrected chi connectivity index (χ3v) is 10.7. The number of carbonyl (C=O) groups is 2. The Balaban J connectivity index is 1.53. The fourth-order valence-electron chi connectivity index (χ4n) is 5.69. The number of carbonyl (C=O) groups excluding carboxylic acids is 2. The minimum Gasteiger partial charge on any atom is -0.479 e. The summed E-state index contributed by atoms with van der Waals surface area (Å²) in [7, 11) is -3.49. The van der Waals surface area contributed by atoms with Crippen molar-refractivity contribution in [1.29, 1.82) is 0 Å². The van der Waals surface area contributed by atoms with Gasteiger partial charge in [-0.05, 0) is 102 Å². The molecule has 0 saturated heterocycles. The van der Waals surface area contributed by atoms with Crippen LogP contribution in [0.1, 0.15) is 89.9 Å². The van der Waals surface area contributed by atoms with Crippen LogP contribution in [0.2, 0.25) is 5.02 Å². The number of hydrogen-bond donors (Lipinski definition) is 2. The molecule has 0 spiro atoms. The van der Waals surface area contributed by atoms with Gasteiger partial charge in [0.05, 0.1) is 10.6 Å². The summed E-state index contributed by atoms with van der Waals surface area (Å²) in [4.78, 5) is 26.4. The van der Waals surface area contributed by atoms with E-state index in [-0.39, 0.29) is 32.9 Å². The van der Waals surface area contributed by atoms with Crippen LogP contribution in [-0.4, -0.2) is 44.2 Å². The Morgan fingerprint density at radius 3 is 2.35 bits per heavy atom. The number of nitrogens with two attached hydrogens (primary N) is 1. The summed E-state index contributed by atoms with van der Waals surface area (Å²) in [5.41, 5.74) is 7.73. The van der Waals surface area contributed by atoms with Gasteiger partial charge in [-0.2, -0.15) is 0 Å². The lowest BCUT2D eigenvalue weighted by molar-refractivity contribution is -0.157. The van der Waals surface area contributed by atoms with Crippen LogP contribution in [0.3, 0.4) is 0 Å².